The maximum absolute atomic E-state index is 13.0. The lowest BCUT2D eigenvalue weighted by Crippen LogP contribution is -2.22. The van der Waals surface area contributed by atoms with E-state index in [2.05, 4.69) is 19.1 Å². The van der Waals surface area contributed by atoms with Gasteiger partial charge in [-0.3, -0.25) is 4.79 Å². The topological polar surface area (TPSA) is 37.3 Å². The highest BCUT2D eigenvalue weighted by Gasteiger charge is 2.42. The maximum Gasteiger partial charge on any atom is 0.169 e. The maximum atomic E-state index is 13.0. The van der Waals surface area contributed by atoms with Crippen LogP contribution in [0.15, 0.2) is 42.2 Å². The quantitative estimate of drug-likeness (QED) is 0.707. The van der Waals surface area contributed by atoms with E-state index in [4.69, 9.17) is 11.6 Å². The Bertz CT molecular complexity index is 909. The van der Waals surface area contributed by atoms with Gasteiger partial charge in [0.05, 0.1) is 5.57 Å². The molecule has 2 bridgehead atoms. The first-order valence-corrected chi connectivity index (χ1v) is 9.74. The molecule has 0 heterocycles. The summed E-state index contributed by atoms with van der Waals surface area (Å²) in [6.45, 7) is 4.14. The number of aliphatic hydroxyl groups is 1. The molecule has 0 aliphatic heterocycles. The van der Waals surface area contributed by atoms with Crippen molar-refractivity contribution in [3.63, 3.8) is 0 Å². The number of rotatable bonds is 3. The molecule has 0 spiro atoms. The van der Waals surface area contributed by atoms with E-state index in [1.165, 1.54) is 0 Å². The van der Waals surface area contributed by atoms with E-state index in [9.17, 15) is 9.90 Å². The van der Waals surface area contributed by atoms with Crippen molar-refractivity contribution in [2.24, 2.45) is 11.8 Å². The van der Waals surface area contributed by atoms with Gasteiger partial charge < -0.3 is 5.11 Å². The number of benzene rings is 2. The van der Waals surface area contributed by atoms with Crippen LogP contribution < -0.4 is 0 Å². The molecule has 4 rings (SSSR count). The van der Waals surface area contributed by atoms with Gasteiger partial charge in [0.25, 0.3) is 0 Å². The predicted octanol–water partition coefficient (Wildman–Crippen LogP) is 6.15. The van der Waals surface area contributed by atoms with Crippen LogP contribution in [0.2, 0.25) is 5.02 Å². The summed E-state index contributed by atoms with van der Waals surface area (Å²) in [4.78, 5) is 13.0. The molecule has 2 aromatic rings. The molecule has 0 unspecified atom stereocenters. The molecule has 0 amide bonds. The lowest BCUT2D eigenvalue weighted by molar-refractivity contribution is -0.117. The number of carbonyl (C=O) groups is 1. The fourth-order valence-electron chi connectivity index (χ4n) is 4.56. The normalized spacial score (nSPS) is 22.2. The monoisotopic (exact) mass is 366 g/mol. The minimum atomic E-state index is 0.0888. The number of aliphatic hydroxyl groups excluding tert-OH is 1. The second-order valence-corrected chi connectivity index (χ2v) is 7.96. The molecular formula is C23H23ClO2. The summed E-state index contributed by atoms with van der Waals surface area (Å²) >= 11 is 6.01. The average Bonchev–Trinajstić information content (AvgIpc) is 3.09. The van der Waals surface area contributed by atoms with E-state index < -0.39 is 0 Å². The van der Waals surface area contributed by atoms with Crippen molar-refractivity contribution >= 4 is 23.0 Å². The van der Waals surface area contributed by atoms with Gasteiger partial charge in [-0.2, -0.15) is 0 Å². The van der Waals surface area contributed by atoms with Gasteiger partial charge >= 0.3 is 0 Å². The number of hydrogen-bond acceptors (Lipinski definition) is 2. The minimum Gasteiger partial charge on any atom is -0.511 e. The fraction of sp³-hybridized carbons (Fsp3) is 0.348. The van der Waals surface area contributed by atoms with Crippen LogP contribution in [0.3, 0.4) is 0 Å². The zero-order valence-corrected chi connectivity index (χ0v) is 15.9. The van der Waals surface area contributed by atoms with Crippen molar-refractivity contribution in [3.05, 3.63) is 63.9 Å². The Morgan fingerprint density at radius 1 is 1.08 bits per heavy atom. The molecule has 2 nitrogen and oxygen atoms in total. The highest BCUT2D eigenvalue weighted by molar-refractivity contribution is 6.30. The third kappa shape index (κ3) is 2.77. The van der Waals surface area contributed by atoms with E-state index in [0.717, 1.165) is 58.5 Å². The molecule has 2 aliphatic carbocycles. The van der Waals surface area contributed by atoms with Crippen molar-refractivity contribution in [1.82, 2.24) is 0 Å². The predicted molar refractivity (Wildman–Crippen MR) is 106 cm³/mol. The van der Waals surface area contributed by atoms with Crippen LogP contribution >= 0.6 is 11.6 Å². The van der Waals surface area contributed by atoms with Crippen LogP contribution in [0.25, 0.3) is 16.7 Å². The smallest absolute Gasteiger partial charge is 0.169 e. The number of carbonyl (C=O) groups excluding carboxylic acids is 1. The van der Waals surface area contributed by atoms with Crippen molar-refractivity contribution in [1.29, 1.82) is 0 Å². The molecule has 3 heteroatoms. The lowest BCUT2D eigenvalue weighted by Gasteiger charge is -2.25. The number of hydrogen-bond donors (Lipinski definition) is 1. The van der Waals surface area contributed by atoms with Gasteiger partial charge in [-0.1, -0.05) is 42.8 Å². The first-order chi connectivity index (χ1) is 12.5. The van der Waals surface area contributed by atoms with Crippen molar-refractivity contribution in [2.75, 3.05) is 0 Å². The van der Waals surface area contributed by atoms with Crippen LogP contribution in [0.5, 0.6) is 0 Å². The van der Waals surface area contributed by atoms with Crippen molar-refractivity contribution in [3.8, 4) is 11.1 Å². The van der Waals surface area contributed by atoms with Crippen LogP contribution in [0.4, 0.5) is 0 Å². The Morgan fingerprint density at radius 3 is 2.46 bits per heavy atom. The Labute approximate surface area is 159 Å². The molecule has 2 atom stereocenters. The van der Waals surface area contributed by atoms with Gasteiger partial charge in [0.1, 0.15) is 5.76 Å². The molecule has 0 radical (unpaired) electrons. The first kappa shape index (κ1) is 17.4. The first-order valence-electron chi connectivity index (χ1n) is 9.36. The van der Waals surface area contributed by atoms with E-state index in [0.29, 0.717) is 11.3 Å². The summed E-state index contributed by atoms with van der Waals surface area (Å²) in [6, 6.07) is 12.1. The molecule has 1 N–H and O–H groups in total. The number of ketones is 1. The minimum absolute atomic E-state index is 0.0888. The summed E-state index contributed by atoms with van der Waals surface area (Å²) in [7, 11) is 0. The molecule has 2 aliphatic rings. The van der Waals surface area contributed by atoms with Gasteiger partial charge in [0.15, 0.2) is 5.78 Å². The van der Waals surface area contributed by atoms with E-state index in [-0.39, 0.29) is 17.6 Å². The second kappa shape index (κ2) is 6.59. The lowest BCUT2D eigenvalue weighted by atomic mass is 9.79. The largest absolute Gasteiger partial charge is 0.511 e. The second-order valence-electron chi connectivity index (χ2n) is 7.52. The van der Waals surface area contributed by atoms with Gasteiger partial charge in [-0.15, -0.1) is 0 Å². The fourth-order valence-corrected chi connectivity index (χ4v) is 4.69. The standard InChI is InChI=1S/C23H23ClO2/c1-3-14-11-18(15-6-8-19(24)9-7-15)10-13(2)20(14)21-22(25)16-4-5-17(12-16)23(21)26/h6-11,16-17,25H,3-5,12H2,1-2H3/t16-,17+/m0/s1. The summed E-state index contributed by atoms with van der Waals surface area (Å²) in [5.41, 5.74) is 5.92. The van der Waals surface area contributed by atoms with Gasteiger partial charge in [-0.25, -0.2) is 0 Å². The highest BCUT2D eigenvalue weighted by atomic mass is 35.5. The Hall–Kier alpha value is -2.06. The van der Waals surface area contributed by atoms with E-state index >= 15 is 0 Å². The number of halogens is 1. The summed E-state index contributed by atoms with van der Waals surface area (Å²) in [5, 5.41) is 11.5. The zero-order valence-electron chi connectivity index (χ0n) is 15.2. The number of allylic oxidation sites excluding steroid dienone is 2. The number of aryl methyl sites for hydroxylation is 2. The molecular weight excluding hydrogens is 344 g/mol. The Balaban J connectivity index is 1.86. The zero-order chi connectivity index (χ0) is 18.4. The third-order valence-corrected chi connectivity index (χ3v) is 6.17. The Kier molecular flexibility index (Phi) is 4.40. The number of fused-ring (bicyclic) bond motifs is 2. The molecule has 1 saturated carbocycles. The van der Waals surface area contributed by atoms with Gasteiger partial charge in [-0.05, 0) is 72.6 Å². The summed E-state index contributed by atoms with van der Waals surface area (Å²) < 4.78 is 0. The van der Waals surface area contributed by atoms with Crippen LogP contribution in [-0.4, -0.2) is 10.9 Å². The van der Waals surface area contributed by atoms with Gasteiger partial charge in [0.2, 0.25) is 0 Å². The van der Waals surface area contributed by atoms with Crippen molar-refractivity contribution < 1.29 is 9.90 Å². The summed E-state index contributed by atoms with van der Waals surface area (Å²) in [5.74, 6) is 0.702. The van der Waals surface area contributed by atoms with Crippen molar-refractivity contribution in [2.45, 2.75) is 39.5 Å². The molecule has 0 saturated heterocycles. The van der Waals surface area contributed by atoms with E-state index in [1.807, 2.05) is 31.2 Å². The highest BCUT2D eigenvalue weighted by Crippen LogP contribution is 2.46. The summed E-state index contributed by atoms with van der Waals surface area (Å²) in [6.07, 6.45) is 3.46. The number of Topliss-reactive ketones (excluding diaryl/α,β-unsaturated/α-hetero) is 1. The van der Waals surface area contributed by atoms with Crippen LogP contribution in [-0.2, 0) is 11.2 Å². The molecule has 134 valence electrons. The molecule has 0 aromatic heterocycles. The molecule has 26 heavy (non-hydrogen) atoms. The SMILES string of the molecule is CCc1cc(-c2ccc(Cl)cc2)cc(C)c1C1=C(O)[C@H]2CC[C@H](C2)C1=O. The van der Waals surface area contributed by atoms with Crippen LogP contribution in [0.1, 0.15) is 42.9 Å². The van der Waals surface area contributed by atoms with Crippen LogP contribution in [0, 0.1) is 18.8 Å². The molecule has 2 aromatic carbocycles. The Morgan fingerprint density at radius 2 is 1.77 bits per heavy atom. The molecule has 1 fully saturated rings. The average molecular weight is 367 g/mol. The van der Waals surface area contributed by atoms with Gasteiger partial charge in [0, 0.05) is 16.9 Å². The third-order valence-electron chi connectivity index (χ3n) is 5.92. The van der Waals surface area contributed by atoms with E-state index in [1.54, 1.807) is 0 Å².